The van der Waals surface area contributed by atoms with Gasteiger partial charge in [-0.2, -0.15) is 0 Å². The van der Waals surface area contributed by atoms with Crippen LogP contribution in [-0.2, 0) is 0 Å². The molecule has 0 bridgehead atoms. The zero-order valence-electron chi connectivity index (χ0n) is 11.7. The van der Waals surface area contributed by atoms with Gasteiger partial charge in [0.15, 0.2) is 11.5 Å². The molecule has 1 aliphatic heterocycles. The molecule has 106 valence electrons. The van der Waals surface area contributed by atoms with E-state index in [-0.39, 0.29) is 0 Å². The highest BCUT2D eigenvalue weighted by Crippen LogP contribution is 2.35. The Morgan fingerprint density at radius 3 is 2.90 bits per heavy atom. The molecule has 0 amide bonds. The second-order valence-corrected chi connectivity index (χ2v) is 5.78. The highest BCUT2D eigenvalue weighted by Gasteiger charge is 2.15. The molecule has 0 saturated heterocycles. The summed E-state index contributed by atoms with van der Waals surface area (Å²) in [7, 11) is 1.96. The number of fused-ring (bicyclic) bond motifs is 1. The second-order valence-electron chi connectivity index (χ2n) is 4.89. The molecule has 0 spiro atoms. The van der Waals surface area contributed by atoms with Gasteiger partial charge < -0.3 is 14.8 Å². The average Bonchev–Trinajstić information content (AvgIpc) is 2.97. The van der Waals surface area contributed by atoms with Crippen molar-refractivity contribution in [3.63, 3.8) is 0 Å². The highest BCUT2D eigenvalue weighted by molar-refractivity contribution is 7.10. The molecule has 1 aromatic carbocycles. The van der Waals surface area contributed by atoms with E-state index in [0.717, 1.165) is 34.3 Å². The van der Waals surface area contributed by atoms with E-state index in [4.69, 9.17) is 14.5 Å². The van der Waals surface area contributed by atoms with E-state index in [1.807, 2.05) is 25.2 Å². The number of likely N-dealkylation sites (N-methyl/N-ethyl adjacent to an activating group) is 1. The van der Waals surface area contributed by atoms with Crippen LogP contribution in [0.5, 0.6) is 11.5 Å². The van der Waals surface area contributed by atoms with Gasteiger partial charge in [0, 0.05) is 23.4 Å². The van der Waals surface area contributed by atoms with Crippen molar-refractivity contribution in [2.75, 3.05) is 26.8 Å². The lowest BCUT2D eigenvalue weighted by Gasteiger charge is -2.18. The standard InChI is InChI=1S/C15H18N2O2S/c1-10(8-16-2)15-17-12(9-20-15)11-3-4-13-14(7-11)19-6-5-18-13/h3-4,7,9-10,16H,5-6,8H2,1-2H3. The molecule has 4 nitrogen and oxygen atoms in total. The van der Waals surface area contributed by atoms with Gasteiger partial charge in [0.05, 0.1) is 10.7 Å². The molecule has 3 rings (SSSR count). The average molecular weight is 290 g/mol. The van der Waals surface area contributed by atoms with Gasteiger partial charge in [-0.15, -0.1) is 11.3 Å². The third-order valence-corrected chi connectivity index (χ3v) is 4.37. The SMILES string of the molecule is CNCC(C)c1nc(-c2ccc3c(c2)OCCO3)cs1. The van der Waals surface area contributed by atoms with Crippen molar-refractivity contribution in [1.29, 1.82) is 0 Å². The summed E-state index contributed by atoms with van der Waals surface area (Å²) in [4.78, 5) is 4.73. The molecule has 2 aromatic rings. The molecule has 0 radical (unpaired) electrons. The number of hydrogen-bond donors (Lipinski definition) is 1. The lowest BCUT2D eigenvalue weighted by Crippen LogP contribution is -2.15. The monoisotopic (exact) mass is 290 g/mol. The van der Waals surface area contributed by atoms with Crippen molar-refractivity contribution in [1.82, 2.24) is 10.3 Å². The maximum atomic E-state index is 5.62. The van der Waals surface area contributed by atoms with E-state index in [1.54, 1.807) is 11.3 Å². The van der Waals surface area contributed by atoms with Crippen molar-refractivity contribution in [2.24, 2.45) is 0 Å². The minimum atomic E-state index is 0.427. The third-order valence-electron chi connectivity index (χ3n) is 3.29. The van der Waals surface area contributed by atoms with Crippen molar-refractivity contribution >= 4 is 11.3 Å². The Hall–Kier alpha value is -1.59. The van der Waals surface area contributed by atoms with Crippen LogP contribution in [0.15, 0.2) is 23.6 Å². The fourth-order valence-corrected chi connectivity index (χ4v) is 3.13. The first kappa shape index (κ1) is 13.4. The normalized spacial score (nSPS) is 15.1. The van der Waals surface area contributed by atoms with Crippen molar-refractivity contribution in [2.45, 2.75) is 12.8 Å². The van der Waals surface area contributed by atoms with Crippen LogP contribution in [-0.4, -0.2) is 31.8 Å². The summed E-state index contributed by atoms with van der Waals surface area (Å²) < 4.78 is 11.2. The Morgan fingerprint density at radius 2 is 2.10 bits per heavy atom. The quantitative estimate of drug-likeness (QED) is 0.940. The molecule has 1 unspecified atom stereocenters. The molecule has 1 aromatic heterocycles. The van der Waals surface area contributed by atoms with Crippen LogP contribution in [0.4, 0.5) is 0 Å². The lowest BCUT2D eigenvalue weighted by atomic mass is 10.1. The first-order valence-electron chi connectivity index (χ1n) is 6.78. The summed E-state index contributed by atoms with van der Waals surface area (Å²) in [5, 5.41) is 6.45. The van der Waals surface area contributed by atoms with Crippen LogP contribution < -0.4 is 14.8 Å². The number of ether oxygens (including phenoxy) is 2. The van der Waals surface area contributed by atoms with E-state index < -0.39 is 0 Å². The Balaban J connectivity index is 1.86. The Labute approximate surface area is 122 Å². The van der Waals surface area contributed by atoms with Crippen LogP contribution in [0.1, 0.15) is 17.8 Å². The summed E-state index contributed by atoms with van der Waals surface area (Å²) in [5.74, 6) is 2.06. The first-order valence-corrected chi connectivity index (χ1v) is 7.66. The van der Waals surface area contributed by atoms with E-state index in [9.17, 15) is 0 Å². The number of nitrogens with zero attached hydrogens (tertiary/aromatic N) is 1. The van der Waals surface area contributed by atoms with Gasteiger partial charge in [-0.3, -0.25) is 0 Å². The predicted octanol–water partition coefficient (Wildman–Crippen LogP) is 2.90. The van der Waals surface area contributed by atoms with Gasteiger partial charge in [0.25, 0.3) is 0 Å². The van der Waals surface area contributed by atoms with Crippen molar-refractivity contribution in [3.8, 4) is 22.8 Å². The largest absolute Gasteiger partial charge is 0.486 e. The summed E-state index contributed by atoms with van der Waals surface area (Å²) in [6, 6.07) is 6.00. The van der Waals surface area contributed by atoms with Crippen LogP contribution >= 0.6 is 11.3 Å². The lowest BCUT2D eigenvalue weighted by molar-refractivity contribution is 0.171. The number of hydrogen-bond acceptors (Lipinski definition) is 5. The van der Waals surface area contributed by atoms with Gasteiger partial charge >= 0.3 is 0 Å². The molecule has 2 heterocycles. The summed E-state index contributed by atoms with van der Waals surface area (Å²) in [6.45, 7) is 4.35. The second kappa shape index (κ2) is 5.81. The zero-order chi connectivity index (χ0) is 13.9. The van der Waals surface area contributed by atoms with E-state index in [2.05, 4.69) is 17.6 Å². The highest BCUT2D eigenvalue weighted by atomic mass is 32.1. The molecule has 1 atom stereocenters. The fraction of sp³-hybridized carbons (Fsp3) is 0.400. The fourth-order valence-electron chi connectivity index (χ4n) is 2.24. The number of thiazole rings is 1. The number of benzene rings is 1. The Kier molecular flexibility index (Phi) is 3.89. The minimum Gasteiger partial charge on any atom is -0.486 e. The molecule has 5 heteroatoms. The molecule has 0 aliphatic carbocycles. The smallest absolute Gasteiger partial charge is 0.162 e. The first-order chi connectivity index (χ1) is 9.78. The predicted molar refractivity (Wildman–Crippen MR) is 80.9 cm³/mol. The van der Waals surface area contributed by atoms with E-state index in [0.29, 0.717) is 19.1 Å². The van der Waals surface area contributed by atoms with Gasteiger partial charge in [0.2, 0.25) is 0 Å². The minimum absolute atomic E-state index is 0.427. The van der Waals surface area contributed by atoms with Crippen LogP contribution in [0.25, 0.3) is 11.3 Å². The summed E-state index contributed by atoms with van der Waals surface area (Å²) in [5.41, 5.74) is 2.08. The molecular weight excluding hydrogens is 272 g/mol. The van der Waals surface area contributed by atoms with Crippen LogP contribution in [0.2, 0.25) is 0 Å². The van der Waals surface area contributed by atoms with Crippen molar-refractivity contribution < 1.29 is 9.47 Å². The van der Waals surface area contributed by atoms with Gasteiger partial charge in [0.1, 0.15) is 13.2 Å². The molecule has 1 N–H and O–H groups in total. The van der Waals surface area contributed by atoms with E-state index in [1.165, 1.54) is 0 Å². The van der Waals surface area contributed by atoms with Crippen LogP contribution in [0.3, 0.4) is 0 Å². The molecule has 0 fully saturated rings. The Morgan fingerprint density at radius 1 is 1.30 bits per heavy atom. The Bertz CT molecular complexity index is 597. The van der Waals surface area contributed by atoms with Crippen molar-refractivity contribution in [3.05, 3.63) is 28.6 Å². The summed E-state index contributed by atoms with van der Waals surface area (Å²) in [6.07, 6.45) is 0. The number of rotatable bonds is 4. The maximum Gasteiger partial charge on any atom is 0.162 e. The summed E-state index contributed by atoms with van der Waals surface area (Å²) >= 11 is 1.71. The van der Waals surface area contributed by atoms with E-state index >= 15 is 0 Å². The van der Waals surface area contributed by atoms with Gasteiger partial charge in [-0.25, -0.2) is 4.98 Å². The molecule has 20 heavy (non-hydrogen) atoms. The number of aromatic nitrogens is 1. The molecular formula is C15H18N2O2S. The van der Waals surface area contributed by atoms with Gasteiger partial charge in [-0.1, -0.05) is 6.92 Å². The van der Waals surface area contributed by atoms with Crippen LogP contribution in [0, 0.1) is 0 Å². The molecule has 1 aliphatic rings. The topological polar surface area (TPSA) is 43.4 Å². The van der Waals surface area contributed by atoms with Gasteiger partial charge in [-0.05, 0) is 25.2 Å². The molecule has 0 saturated carbocycles. The zero-order valence-corrected chi connectivity index (χ0v) is 12.5. The number of nitrogens with one attached hydrogen (secondary N) is 1. The maximum absolute atomic E-state index is 5.62. The third kappa shape index (κ3) is 2.64.